The van der Waals surface area contributed by atoms with E-state index in [1.165, 1.54) is 17.0 Å². The zero-order valence-electron chi connectivity index (χ0n) is 9.04. The van der Waals surface area contributed by atoms with Crippen molar-refractivity contribution in [2.24, 2.45) is 0 Å². The highest BCUT2D eigenvalue weighted by Gasteiger charge is 2.31. The first kappa shape index (κ1) is 11.0. The third kappa shape index (κ3) is 1.92. The van der Waals surface area contributed by atoms with Gasteiger partial charge >= 0.3 is 0 Å². The van der Waals surface area contributed by atoms with Crippen LogP contribution in [0.25, 0.3) is 0 Å². The van der Waals surface area contributed by atoms with Crippen LogP contribution in [0.5, 0.6) is 0 Å². The van der Waals surface area contributed by atoms with Gasteiger partial charge < -0.3 is 4.90 Å². The van der Waals surface area contributed by atoms with Crippen LogP contribution in [0.2, 0.25) is 0 Å². The Labute approximate surface area is 92.9 Å². The van der Waals surface area contributed by atoms with Gasteiger partial charge in [0.05, 0.1) is 0 Å². The van der Waals surface area contributed by atoms with Crippen LogP contribution in [0.3, 0.4) is 0 Å². The van der Waals surface area contributed by atoms with E-state index in [-0.39, 0.29) is 11.9 Å². The predicted octanol–water partition coefficient (Wildman–Crippen LogP) is 2.87. The maximum Gasteiger partial charge on any atom is 0.227 e. The van der Waals surface area contributed by atoms with Crippen molar-refractivity contribution in [2.45, 2.75) is 32.2 Å². The van der Waals surface area contributed by atoms with Gasteiger partial charge in [-0.15, -0.1) is 0 Å². The van der Waals surface area contributed by atoms with Crippen LogP contribution in [-0.4, -0.2) is 11.9 Å². The van der Waals surface area contributed by atoms with Crippen molar-refractivity contribution in [1.82, 2.24) is 0 Å². The quantitative estimate of drug-likeness (QED) is 0.757. The molecule has 86 valence electrons. The van der Waals surface area contributed by atoms with Crippen LogP contribution >= 0.6 is 0 Å². The van der Waals surface area contributed by atoms with Crippen molar-refractivity contribution >= 4 is 11.6 Å². The highest BCUT2D eigenvalue weighted by atomic mass is 19.1. The van der Waals surface area contributed by atoms with E-state index in [4.69, 9.17) is 0 Å². The summed E-state index contributed by atoms with van der Waals surface area (Å²) in [7, 11) is 0. The molecule has 1 atom stereocenters. The number of anilines is 1. The van der Waals surface area contributed by atoms with Gasteiger partial charge in [-0.2, -0.15) is 0 Å². The minimum atomic E-state index is -0.649. The molecule has 2 rings (SSSR count). The average molecular weight is 225 g/mol. The summed E-state index contributed by atoms with van der Waals surface area (Å²) in [5.41, 5.74) is 0.326. The number of hydrogen-bond acceptors (Lipinski definition) is 1. The molecule has 1 unspecified atom stereocenters. The molecule has 1 aromatic rings. The normalized spacial score (nSPS) is 20.6. The number of halogens is 2. The number of carbonyl (C=O) groups excluding carboxylic acids is 1. The van der Waals surface area contributed by atoms with E-state index in [9.17, 15) is 13.6 Å². The van der Waals surface area contributed by atoms with Crippen molar-refractivity contribution in [1.29, 1.82) is 0 Å². The predicted molar refractivity (Wildman–Crippen MR) is 57.2 cm³/mol. The molecule has 0 bridgehead atoms. The molecule has 0 aromatic heterocycles. The second-order valence-electron chi connectivity index (χ2n) is 3.99. The molecule has 1 aromatic carbocycles. The molecule has 16 heavy (non-hydrogen) atoms. The van der Waals surface area contributed by atoms with Crippen molar-refractivity contribution in [3.8, 4) is 0 Å². The van der Waals surface area contributed by atoms with Gasteiger partial charge in [-0.3, -0.25) is 4.79 Å². The first-order valence-corrected chi connectivity index (χ1v) is 5.40. The SMILES string of the molecule is CCC1CCC(=O)N1c1cc(F)cc(F)c1. The first-order valence-electron chi connectivity index (χ1n) is 5.40. The molecule has 1 aliphatic rings. The monoisotopic (exact) mass is 225 g/mol. The number of nitrogens with zero attached hydrogens (tertiary/aromatic N) is 1. The topological polar surface area (TPSA) is 20.3 Å². The molecule has 2 nitrogen and oxygen atoms in total. The summed E-state index contributed by atoms with van der Waals surface area (Å²) in [5.74, 6) is -1.36. The first-order chi connectivity index (χ1) is 7.61. The molecule has 0 radical (unpaired) electrons. The largest absolute Gasteiger partial charge is 0.309 e. The molecule has 1 saturated heterocycles. The molecule has 1 heterocycles. The Morgan fingerprint density at radius 2 is 1.94 bits per heavy atom. The van der Waals surface area contributed by atoms with Gasteiger partial charge in [0.15, 0.2) is 0 Å². The molecule has 1 aliphatic heterocycles. The Balaban J connectivity index is 2.38. The molecular weight excluding hydrogens is 212 g/mol. The summed E-state index contributed by atoms with van der Waals surface area (Å²) < 4.78 is 26.1. The Hall–Kier alpha value is -1.45. The maximum absolute atomic E-state index is 13.1. The highest BCUT2D eigenvalue weighted by Crippen LogP contribution is 2.29. The molecule has 0 spiro atoms. The van der Waals surface area contributed by atoms with Crippen LogP contribution in [0.1, 0.15) is 26.2 Å². The fourth-order valence-electron chi connectivity index (χ4n) is 2.16. The second kappa shape index (κ2) is 4.20. The number of rotatable bonds is 2. The molecular formula is C12H13F2NO. The van der Waals surface area contributed by atoms with Gasteiger partial charge in [-0.25, -0.2) is 8.78 Å². The minimum Gasteiger partial charge on any atom is -0.309 e. The zero-order valence-corrected chi connectivity index (χ0v) is 9.04. The highest BCUT2D eigenvalue weighted by molar-refractivity contribution is 5.96. The van der Waals surface area contributed by atoms with Crippen LogP contribution in [0, 0.1) is 11.6 Å². The molecule has 1 amide bonds. The smallest absolute Gasteiger partial charge is 0.227 e. The number of benzene rings is 1. The van der Waals surface area contributed by atoms with Gasteiger partial charge in [-0.05, 0) is 25.0 Å². The molecule has 4 heteroatoms. The van der Waals surface area contributed by atoms with Crippen molar-refractivity contribution in [3.63, 3.8) is 0 Å². The van der Waals surface area contributed by atoms with E-state index in [2.05, 4.69) is 0 Å². The minimum absolute atomic E-state index is 0.0585. The van der Waals surface area contributed by atoms with Gasteiger partial charge in [-0.1, -0.05) is 6.92 Å². The van der Waals surface area contributed by atoms with Gasteiger partial charge in [0.1, 0.15) is 11.6 Å². The molecule has 1 fully saturated rings. The fourth-order valence-corrected chi connectivity index (χ4v) is 2.16. The lowest BCUT2D eigenvalue weighted by Gasteiger charge is -2.23. The number of carbonyl (C=O) groups is 1. The Kier molecular flexibility index (Phi) is 2.90. The lowest BCUT2D eigenvalue weighted by Crippen LogP contribution is -2.32. The summed E-state index contributed by atoms with van der Waals surface area (Å²) in [5, 5.41) is 0. The standard InChI is InChI=1S/C12H13F2NO/c1-2-10-3-4-12(16)15(10)11-6-8(13)5-9(14)7-11/h5-7,10H,2-4H2,1H3. The fraction of sp³-hybridized carbons (Fsp3) is 0.417. The summed E-state index contributed by atoms with van der Waals surface area (Å²) in [6, 6.07) is 3.28. The van der Waals surface area contributed by atoms with Gasteiger partial charge in [0, 0.05) is 24.2 Å². The van der Waals surface area contributed by atoms with E-state index in [0.29, 0.717) is 12.1 Å². The Bertz CT molecular complexity index is 399. The summed E-state index contributed by atoms with van der Waals surface area (Å²) in [6.45, 7) is 1.96. The second-order valence-corrected chi connectivity index (χ2v) is 3.99. The van der Waals surface area contributed by atoms with Gasteiger partial charge in [0.2, 0.25) is 5.91 Å². The maximum atomic E-state index is 13.1. The number of hydrogen-bond donors (Lipinski definition) is 0. The summed E-state index contributed by atoms with van der Waals surface area (Å²) >= 11 is 0. The molecule has 0 N–H and O–H groups in total. The third-order valence-electron chi connectivity index (χ3n) is 2.92. The summed E-state index contributed by atoms with van der Waals surface area (Å²) in [4.78, 5) is 13.2. The van der Waals surface area contributed by atoms with Gasteiger partial charge in [0.25, 0.3) is 0 Å². The lowest BCUT2D eigenvalue weighted by atomic mass is 10.1. The van der Waals surface area contributed by atoms with Crippen LogP contribution < -0.4 is 4.90 Å². The van der Waals surface area contributed by atoms with E-state index >= 15 is 0 Å². The lowest BCUT2D eigenvalue weighted by molar-refractivity contribution is -0.117. The molecule has 0 saturated carbocycles. The van der Waals surface area contributed by atoms with E-state index in [1.54, 1.807) is 0 Å². The third-order valence-corrected chi connectivity index (χ3v) is 2.92. The molecule has 0 aliphatic carbocycles. The summed E-state index contributed by atoms with van der Waals surface area (Å²) in [6.07, 6.45) is 2.01. The van der Waals surface area contributed by atoms with Crippen molar-refractivity contribution in [3.05, 3.63) is 29.8 Å². The van der Waals surface area contributed by atoms with E-state index in [1.807, 2.05) is 6.92 Å². The van der Waals surface area contributed by atoms with Crippen molar-refractivity contribution in [2.75, 3.05) is 4.90 Å². The van der Waals surface area contributed by atoms with Crippen molar-refractivity contribution < 1.29 is 13.6 Å². The van der Waals surface area contributed by atoms with E-state index in [0.717, 1.165) is 18.9 Å². The van der Waals surface area contributed by atoms with E-state index < -0.39 is 11.6 Å². The Morgan fingerprint density at radius 3 is 2.50 bits per heavy atom. The van der Waals surface area contributed by atoms with Crippen LogP contribution in [0.15, 0.2) is 18.2 Å². The number of amides is 1. The van der Waals surface area contributed by atoms with Crippen LogP contribution in [0.4, 0.5) is 14.5 Å². The zero-order chi connectivity index (χ0) is 11.7. The Morgan fingerprint density at radius 1 is 1.31 bits per heavy atom. The van der Waals surface area contributed by atoms with Crippen LogP contribution in [-0.2, 0) is 4.79 Å². The average Bonchev–Trinajstić information content (AvgIpc) is 2.58.